The number of anilines is 1. The molecule has 0 bridgehead atoms. The summed E-state index contributed by atoms with van der Waals surface area (Å²) in [5, 5.41) is 3.33. The summed E-state index contributed by atoms with van der Waals surface area (Å²) >= 11 is 0. The van der Waals surface area contributed by atoms with Gasteiger partial charge < -0.3 is 10.2 Å². The van der Waals surface area contributed by atoms with Crippen molar-refractivity contribution in [3.8, 4) is 0 Å². The summed E-state index contributed by atoms with van der Waals surface area (Å²) in [5.74, 6) is 0. The maximum absolute atomic E-state index is 12.1. The number of hydrogen-bond donors (Lipinski definition) is 2. The summed E-state index contributed by atoms with van der Waals surface area (Å²) in [6.45, 7) is 5.87. The van der Waals surface area contributed by atoms with Gasteiger partial charge in [-0.3, -0.25) is 4.90 Å². The predicted octanol–water partition coefficient (Wildman–Crippen LogP) is -0.0639. The van der Waals surface area contributed by atoms with Gasteiger partial charge in [-0.05, 0) is 19.2 Å². The zero-order valence-electron chi connectivity index (χ0n) is 12.7. The zero-order chi connectivity index (χ0) is 15.3. The average Bonchev–Trinajstić information content (AvgIpc) is 2.53. The minimum Gasteiger partial charge on any atom is -0.372 e. The Bertz CT molecular complexity index is 556. The molecule has 1 saturated heterocycles. The monoisotopic (exact) mass is 312 g/mol. The number of para-hydroxylation sites is 1. The van der Waals surface area contributed by atoms with Crippen LogP contribution in [0.2, 0.25) is 0 Å². The molecule has 0 saturated carbocycles. The van der Waals surface area contributed by atoms with Gasteiger partial charge in [-0.25, -0.2) is 13.1 Å². The third-order valence-electron chi connectivity index (χ3n) is 3.80. The van der Waals surface area contributed by atoms with Crippen molar-refractivity contribution in [1.82, 2.24) is 14.9 Å². The SMILES string of the molecule is CNS(=O)(=O)c1ccccc1N(C)CCN1CCNCC1. The van der Waals surface area contributed by atoms with E-state index in [1.165, 1.54) is 7.05 Å². The van der Waals surface area contributed by atoms with Crippen molar-refractivity contribution in [2.24, 2.45) is 0 Å². The van der Waals surface area contributed by atoms with Crippen LogP contribution in [0.1, 0.15) is 0 Å². The first-order valence-electron chi connectivity index (χ1n) is 7.21. The molecule has 0 radical (unpaired) electrons. The quantitative estimate of drug-likeness (QED) is 0.770. The highest BCUT2D eigenvalue weighted by atomic mass is 32.2. The van der Waals surface area contributed by atoms with Crippen molar-refractivity contribution in [3.63, 3.8) is 0 Å². The van der Waals surface area contributed by atoms with Gasteiger partial charge in [0.25, 0.3) is 0 Å². The van der Waals surface area contributed by atoms with E-state index in [0.29, 0.717) is 4.90 Å². The maximum Gasteiger partial charge on any atom is 0.242 e. The van der Waals surface area contributed by atoms with Crippen molar-refractivity contribution in [3.05, 3.63) is 24.3 Å². The molecule has 7 heteroatoms. The molecule has 0 spiro atoms. The second-order valence-electron chi connectivity index (χ2n) is 5.19. The van der Waals surface area contributed by atoms with Crippen LogP contribution in [0.4, 0.5) is 5.69 Å². The molecule has 1 aliphatic rings. The van der Waals surface area contributed by atoms with E-state index >= 15 is 0 Å². The number of piperazine rings is 1. The van der Waals surface area contributed by atoms with Gasteiger partial charge in [0.05, 0.1) is 5.69 Å². The van der Waals surface area contributed by atoms with Crippen LogP contribution in [0, 0.1) is 0 Å². The molecule has 1 heterocycles. The van der Waals surface area contributed by atoms with Crippen LogP contribution in [-0.4, -0.2) is 66.7 Å². The van der Waals surface area contributed by atoms with Gasteiger partial charge in [-0.15, -0.1) is 0 Å². The minimum atomic E-state index is -3.43. The van der Waals surface area contributed by atoms with Crippen LogP contribution < -0.4 is 14.9 Å². The number of sulfonamides is 1. The highest BCUT2D eigenvalue weighted by molar-refractivity contribution is 7.89. The van der Waals surface area contributed by atoms with E-state index < -0.39 is 10.0 Å². The van der Waals surface area contributed by atoms with Crippen molar-refractivity contribution in [2.45, 2.75) is 4.90 Å². The number of nitrogens with zero attached hydrogens (tertiary/aromatic N) is 2. The molecule has 1 aliphatic heterocycles. The standard InChI is InChI=1S/C14H24N4O2S/c1-15-21(19,20)14-6-4-3-5-13(14)17(2)11-12-18-9-7-16-8-10-18/h3-6,15-16H,7-12H2,1-2H3. The lowest BCUT2D eigenvalue weighted by atomic mass is 10.3. The summed E-state index contributed by atoms with van der Waals surface area (Å²) < 4.78 is 26.5. The van der Waals surface area contributed by atoms with Crippen molar-refractivity contribution >= 4 is 15.7 Å². The van der Waals surface area contributed by atoms with Crippen LogP contribution >= 0.6 is 0 Å². The van der Waals surface area contributed by atoms with Gasteiger partial charge in [0, 0.05) is 46.3 Å². The number of benzene rings is 1. The van der Waals surface area contributed by atoms with Gasteiger partial charge in [0.2, 0.25) is 10.0 Å². The van der Waals surface area contributed by atoms with E-state index in [1.54, 1.807) is 12.1 Å². The Kier molecular flexibility index (Phi) is 5.58. The lowest BCUT2D eigenvalue weighted by Crippen LogP contribution is -2.46. The van der Waals surface area contributed by atoms with Crippen molar-refractivity contribution in [1.29, 1.82) is 0 Å². The molecule has 1 aromatic carbocycles. The van der Waals surface area contributed by atoms with E-state index in [0.717, 1.165) is 45.0 Å². The van der Waals surface area contributed by atoms with Crippen LogP contribution in [0.3, 0.4) is 0 Å². The molecule has 21 heavy (non-hydrogen) atoms. The van der Waals surface area contributed by atoms with E-state index in [1.807, 2.05) is 24.1 Å². The van der Waals surface area contributed by atoms with Crippen LogP contribution in [0.15, 0.2) is 29.2 Å². The number of hydrogen-bond acceptors (Lipinski definition) is 5. The first-order valence-corrected chi connectivity index (χ1v) is 8.69. The molecule has 1 aromatic rings. The summed E-state index contributed by atoms with van der Waals surface area (Å²) in [4.78, 5) is 4.73. The van der Waals surface area contributed by atoms with Gasteiger partial charge in [0.15, 0.2) is 0 Å². The molecule has 118 valence electrons. The second kappa shape index (κ2) is 7.22. The summed E-state index contributed by atoms with van der Waals surface area (Å²) in [7, 11) is -0.0582. The fourth-order valence-corrected chi connectivity index (χ4v) is 3.43. The molecule has 6 nitrogen and oxygen atoms in total. The van der Waals surface area contributed by atoms with Gasteiger partial charge in [-0.1, -0.05) is 12.1 Å². The lowest BCUT2D eigenvalue weighted by molar-refractivity contribution is 0.246. The lowest BCUT2D eigenvalue weighted by Gasteiger charge is -2.30. The smallest absolute Gasteiger partial charge is 0.242 e. The Morgan fingerprint density at radius 2 is 1.95 bits per heavy atom. The Hall–Kier alpha value is -1.15. The maximum atomic E-state index is 12.1. The molecule has 0 aromatic heterocycles. The molecular weight excluding hydrogens is 288 g/mol. The molecular formula is C14H24N4O2S. The fourth-order valence-electron chi connectivity index (χ4n) is 2.46. The summed E-state index contributed by atoms with van der Waals surface area (Å²) in [6.07, 6.45) is 0. The second-order valence-corrected chi connectivity index (χ2v) is 7.04. The Balaban J connectivity index is 2.06. The van der Waals surface area contributed by atoms with Crippen LogP contribution in [0.25, 0.3) is 0 Å². The zero-order valence-corrected chi connectivity index (χ0v) is 13.5. The minimum absolute atomic E-state index is 0.329. The van der Waals surface area contributed by atoms with Gasteiger partial charge >= 0.3 is 0 Å². The topological polar surface area (TPSA) is 64.7 Å². The van der Waals surface area contributed by atoms with Gasteiger partial charge in [-0.2, -0.15) is 0 Å². The largest absolute Gasteiger partial charge is 0.372 e. The first kappa shape index (κ1) is 16.2. The van der Waals surface area contributed by atoms with E-state index in [2.05, 4.69) is 14.9 Å². The Morgan fingerprint density at radius 3 is 2.62 bits per heavy atom. The molecule has 0 unspecified atom stereocenters. The Morgan fingerprint density at radius 1 is 1.29 bits per heavy atom. The fraction of sp³-hybridized carbons (Fsp3) is 0.571. The van der Waals surface area contributed by atoms with E-state index in [4.69, 9.17) is 0 Å². The number of likely N-dealkylation sites (N-methyl/N-ethyl adjacent to an activating group) is 1. The highest BCUT2D eigenvalue weighted by Crippen LogP contribution is 2.23. The summed E-state index contributed by atoms with van der Waals surface area (Å²) in [6, 6.07) is 7.10. The molecule has 0 atom stereocenters. The third kappa shape index (κ3) is 4.16. The normalized spacial score (nSPS) is 16.9. The van der Waals surface area contributed by atoms with E-state index in [9.17, 15) is 8.42 Å². The molecule has 2 rings (SSSR count). The third-order valence-corrected chi connectivity index (χ3v) is 5.26. The molecule has 0 amide bonds. The van der Waals surface area contributed by atoms with Gasteiger partial charge in [0.1, 0.15) is 4.90 Å². The molecule has 2 N–H and O–H groups in total. The van der Waals surface area contributed by atoms with Crippen molar-refractivity contribution < 1.29 is 8.42 Å². The average molecular weight is 312 g/mol. The molecule has 0 aliphatic carbocycles. The predicted molar refractivity (Wildman–Crippen MR) is 85.3 cm³/mol. The van der Waals surface area contributed by atoms with Crippen LogP contribution in [0.5, 0.6) is 0 Å². The van der Waals surface area contributed by atoms with Crippen molar-refractivity contribution in [2.75, 3.05) is 58.3 Å². The number of nitrogens with one attached hydrogen (secondary N) is 2. The van der Waals surface area contributed by atoms with E-state index in [-0.39, 0.29) is 0 Å². The summed E-state index contributed by atoms with van der Waals surface area (Å²) in [5.41, 5.74) is 0.738. The first-order chi connectivity index (χ1) is 10.0. The highest BCUT2D eigenvalue weighted by Gasteiger charge is 2.19. The van der Waals surface area contributed by atoms with Crippen LogP contribution in [-0.2, 0) is 10.0 Å². The number of rotatable bonds is 6. The molecule has 1 fully saturated rings. The Labute approximate surface area is 127 Å².